The zero-order valence-corrected chi connectivity index (χ0v) is 15.2. The number of hydrogen-bond donors (Lipinski definition) is 6. The topological polar surface area (TPSA) is 199 Å². The van der Waals surface area contributed by atoms with Crippen molar-refractivity contribution >= 4 is 29.2 Å². The number of nitrogens with zero attached hydrogens (tertiary/aromatic N) is 1. The van der Waals surface area contributed by atoms with Gasteiger partial charge in [-0.05, 0) is 29.8 Å². The summed E-state index contributed by atoms with van der Waals surface area (Å²) in [7, 11) is 0. The molecule has 2 atom stereocenters. The van der Waals surface area contributed by atoms with Crippen molar-refractivity contribution < 1.29 is 39.7 Å². The van der Waals surface area contributed by atoms with Crippen molar-refractivity contribution in [3.05, 3.63) is 63.7 Å². The lowest BCUT2D eigenvalue weighted by Gasteiger charge is -2.22. The molecule has 0 aliphatic heterocycles. The predicted molar refractivity (Wildman–Crippen MR) is 101 cm³/mol. The van der Waals surface area contributed by atoms with Crippen LogP contribution in [-0.2, 0) is 9.59 Å². The first-order valence-corrected chi connectivity index (χ1v) is 8.35. The number of aliphatic hydroxyl groups is 2. The second-order valence-corrected chi connectivity index (χ2v) is 6.05. The van der Waals surface area contributed by atoms with Gasteiger partial charge in [0.25, 0.3) is 5.69 Å². The number of rotatable bonds is 7. The minimum Gasteiger partial charge on any atom is -0.507 e. The molecule has 0 aliphatic carbocycles. The van der Waals surface area contributed by atoms with Crippen molar-refractivity contribution in [3.63, 3.8) is 0 Å². The van der Waals surface area contributed by atoms with Crippen molar-refractivity contribution in [2.24, 2.45) is 0 Å². The fraction of sp³-hybridized carbons (Fsp3) is 0.167. The number of carboxylic acid groups (broad SMARTS) is 1. The molecule has 0 radical (unpaired) electrons. The zero-order chi connectivity index (χ0) is 22.4. The highest BCUT2D eigenvalue weighted by Crippen LogP contribution is 2.22. The number of benzene rings is 2. The van der Waals surface area contributed by atoms with Gasteiger partial charge in [-0.1, -0.05) is 0 Å². The van der Waals surface area contributed by atoms with Crippen LogP contribution in [0, 0.1) is 10.1 Å². The number of aromatic carboxylic acids is 1. The molecule has 0 spiro atoms. The lowest BCUT2D eigenvalue weighted by atomic mass is 10.0. The van der Waals surface area contributed by atoms with Gasteiger partial charge in [-0.3, -0.25) is 19.7 Å². The second-order valence-electron chi connectivity index (χ2n) is 6.05. The molecule has 2 rings (SSSR count). The van der Waals surface area contributed by atoms with Crippen LogP contribution >= 0.6 is 0 Å². The van der Waals surface area contributed by atoms with E-state index in [1.54, 1.807) is 0 Å². The number of hydrogen-bond acceptors (Lipinski definition) is 8. The molecule has 2 aromatic rings. The van der Waals surface area contributed by atoms with Crippen molar-refractivity contribution in [1.29, 1.82) is 0 Å². The fourth-order valence-corrected chi connectivity index (χ4v) is 2.46. The molecule has 2 aromatic carbocycles. The molecule has 0 unspecified atom stereocenters. The molecule has 0 saturated heterocycles. The van der Waals surface area contributed by atoms with Gasteiger partial charge in [-0.2, -0.15) is 0 Å². The van der Waals surface area contributed by atoms with Crippen LogP contribution in [0.3, 0.4) is 0 Å². The highest BCUT2D eigenvalue weighted by molar-refractivity contribution is 6.39. The van der Waals surface area contributed by atoms with E-state index in [2.05, 4.69) is 10.6 Å². The van der Waals surface area contributed by atoms with E-state index in [1.807, 2.05) is 0 Å². The summed E-state index contributed by atoms with van der Waals surface area (Å²) in [5, 5.41) is 53.1. The molecule has 2 amide bonds. The van der Waals surface area contributed by atoms with Gasteiger partial charge < -0.3 is 31.1 Å². The smallest absolute Gasteiger partial charge is 0.339 e. The number of carbonyl (C=O) groups excluding carboxylic acids is 2. The van der Waals surface area contributed by atoms with E-state index in [1.165, 1.54) is 12.1 Å². The summed E-state index contributed by atoms with van der Waals surface area (Å²) < 4.78 is 0. The normalized spacial score (nSPS) is 12.5. The fourth-order valence-electron chi connectivity index (χ4n) is 2.46. The standard InChI is InChI=1S/C18H17N3O9/c22-8-13(15(24)9-1-4-11(5-2-9)21(29)30)20-17(26)16(25)19-10-3-6-12(18(27)28)14(23)7-10/h1-7,13,15,22-24H,8H2,(H,19,25)(H,20,26)(H,27,28)/t13-,15-/m0/s1. The summed E-state index contributed by atoms with van der Waals surface area (Å²) in [6.45, 7) is -0.745. The molecular weight excluding hydrogens is 402 g/mol. The predicted octanol–water partition coefficient (Wildman–Crippen LogP) is 0.148. The Hall–Kier alpha value is -4.03. The SMILES string of the molecule is O=C(Nc1ccc(C(=O)O)c(O)c1)C(=O)N[C@@H](CO)[C@@H](O)c1ccc([N+](=O)[O-])cc1. The molecule has 0 aromatic heterocycles. The number of phenols is 1. The number of aromatic hydroxyl groups is 1. The molecule has 6 N–H and O–H groups in total. The van der Waals surface area contributed by atoms with Crippen LogP contribution in [0.5, 0.6) is 5.75 Å². The number of nitro benzene ring substituents is 1. The molecule has 0 fully saturated rings. The first-order chi connectivity index (χ1) is 14.1. The maximum atomic E-state index is 12.1. The van der Waals surface area contributed by atoms with Gasteiger partial charge in [0.05, 0.1) is 17.6 Å². The quantitative estimate of drug-likeness (QED) is 0.205. The third-order valence-corrected chi connectivity index (χ3v) is 4.03. The number of carbonyl (C=O) groups is 3. The van der Waals surface area contributed by atoms with Crippen molar-refractivity contribution in [2.45, 2.75) is 12.1 Å². The molecule has 0 heterocycles. The van der Waals surface area contributed by atoms with Crippen LogP contribution in [0.1, 0.15) is 22.0 Å². The average molecular weight is 419 g/mol. The van der Waals surface area contributed by atoms with Gasteiger partial charge in [0.1, 0.15) is 17.4 Å². The summed E-state index contributed by atoms with van der Waals surface area (Å²) in [4.78, 5) is 45.0. The van der Waals surface area contributed by atoms with E-state index < -0.39 is 52.8 Å². The van der Waals surface area contributed by atoms with E-state index in [0.717, 1.165) is 30.3 Å². The summed E-state index contributed by atoms with van der Waals surface area (Å²) >= 11 is 0. The van der Waals surface area contributed by atoms with Crippen molar-refractivity contribution in [3.8, 4) is 5.75 Å². The third kappa shape index (κ3) is 5.27. The Morgan fingerprint density at radius 2 is 1.70 bits per heavy atom. The Labute approximate surface area is 168 Å². The molecule has 0 bridgehead atoms. The van der Waals surface area contributed by atoms with Gasteiger partial charge in [0, 0.05) is 23.9 Å². The summed E-state index contributed by atoms with van der Waals surface area (Å²) in [5.74, 6) is -4.43. The van der Waals surface area contributed by atoms with Crippen LogP contribution in [-0.4, -0.2) is 55.8 Å². The molecule has 30 heavy (non-hydrogen) atoms. The Morgan fingerprint density at radius 3 is 2.20 bits per heavy atom. The number of nitrogens with one attached hydrogen (secondary N) is 2. The average Bonchev–Trinajstić information content (AvgIpc) is 2.71. The molecule has 12 nitrogen and oxygen atoms in total. The molecule has 0 saturated carbocycles. The van der Waals surface area contributed by atoms with Crippen LogP contribution in [0.25, 0.3) is 0 Å². The Bertz CT molecular complexity index is 975. The maximum absolute atomic E-state index is 12.1. The second kappa shape index (κ2) is 9.45. The van der Waals surface area contributed by atoms with Gasteiger partial charge in [0.2, 0.25) is 0 Å². The number of anilines is 1. The summed E-state index contributed by atoms with van der Waals surface area (Å²) in [5.41, 5.74) is -0.514. The monoisotopic (exact) mass is 419 g/mol. The minimum atomic E-state index is -1.47. The van der Waals surface area contributed by atoms with E-state index in [9.17, 15) is 39.8 Å². The van der Waals surface area contributed by atoms with Crippen LogP contribution in [0.4, 0.5) is 11.4 Å². The van der Waals surface area contributed by atoms with Crippen LogP contribution in [0.15, 0.2) is 42.5 Å². The first kappa shape index (κ1) is 22.3. The molecule has 158 valence electrons. The zero-order valence-electron chi connectivity index (χ0n) is 15.2. The Kier molecular flexibility index (Phi) is 7.01. The van der Waals surface area contributed by atoms with Gasteiger partial charge in [0.15, 0.2) is 0 Å². The summed E-state index contributed by atoms with van der Waals surface area (Å²) in [6, 6.07) is 6.57. The van der Waals surface area contributed by atoms with E-state index in [-0.39, 0.29) is 16.9 Å². The Morgan fingerprint density at radius 1 is 1.07 bits per heavy atom. The number of carboxylic acids is 1. The lowest BCUT2D eigenvalue weighted by molar-refractivity contribution is -0.384. The van der Waals surface area contributed by atoms with Crippen LogP contribution < -0.4 is 10.6 Å². The Balaban J connectivity index is 2.04. The lowest BCUT2D eigenvalue weighted by Crippen LogP contribution is -2.46. The first-order valence-electron chi connectivity index (χ1n) is 8.35. The molecular formula is C18H17N3O9. The molecule has 12 heteroatoms. The highest BCUT2D eigenvalue weighted by Gasteiger charge is 2.26. The highest BCUT2D eigenvalue weighted by atomic mass is 16.6. The van der Waals surface area contributed by atoms with E-state index in [0.29, 0.717) is 0 Å². The largest absolute Gasteiger partial charge is 0.507 e. The third-order valence-electron chi connectivity index (χ3n) is 4.03. The van der Waals surface area contributed by atoms with E-state index in [4.69, 9.17) is 5.11 Å². The van der Waals surface area contributed by atoms with Gasteiger partial charge in [-0.15, -0.1) is 0 Å². The van der Waals surface area contributed by atoms with Crippen LogP contribution in [0.2, 0.25) is 0 Å². The number of amides is 2. The van der Waals surface area contributed by atoms with Gasteiger partial charge in [-0.25, -0.2) is 4.79 Å². The summed E-state index contributed by atoms with van der Waals surface area (Å²) in [6.07, 6.45) is -1.47. The minimum absolute atomic E-state index is 0.0610. The number of nitro groups is 1. The number of aliphatic hydroxyl groups excluding tert-OH is 2. The maximum Gasteiger partial charge on any atom is 0.339 e. The van der Waals surface area contributed by atoms with Crippen molar-refractivity contribution in [2.75, 3.05) is 11.9 Å². The molecule has 0 aliphatic rings. The number of non-ortho nitro benzene ring substituents is 1. The van der Waals surface area contributed by atoms with E-state index >= 15 is 0 Å². The van der Waals surface area contributed by atoms with Gasteiger partial charge >= 0.3 is 17.8 Å². The van der Waals surface area contributed by atoms with Crippen molar-refractivity contribution in [1.82, 2.24) is 5.32 Å².